The van der Waals surface area contributed by atoms with Crippen molar-refractivity contribution in [3.8, 4) is 0 Å². The van der Waals surface area contributed by atoms with Crippen molar-refractivity contribution in [3.05, 3.63) is 30.3 Å². The van der Waals surface area contributed by atoms with Crippen LogP contribution in [0.25, 0.3) is 0 Å². The first-order valence-electron chi connectivity index (χ1n) is 2.66. The van der Waals surface area contributed by atoms with E-state index in [-0.39, 0.29) is 29.6 Å². The predicted octanol–water partition coefficient (Wildman–Crippen LogP) is -0.00190. The Morgan fingerprint density at radius 3 is 2.00 bits per heavy atom. The molecule has 9 heavy (non-hydrogen) atoms. The molecule has 0 spiro atoms. The van der Waals surface area contributed by atoms with Gasteiger partial charge < -0.3 is 5.23 Å². The molecule has 1 aromatic carbocycles. The van der Waals surface area contributed by atoms with Gasteiger partial charge >= 0.3 is 29.6 Å². The Kier molecular flexibility index (Phi) is 4.96. The molecule has 42 valence electrons. The summed E-state index contributed by atoms with van der Waals surface area (Å²) in [4.78, 5) is 0. The van der Waals surface area contributed by atoms with E-state index < -0.39 is 0 Å². The molecule has 1 nitrogen and oxygen atoms in total. The van der Waals surface area contributed by atoms with E-state index in [2.05, 4.69) is 5.23 Å². The van der Waals surface area contributed by atoms with Crippen LogP contribution >= 0.6 is 0 Å². The summed E-state index contributed by atoms with van der Waals surface area (Å²) in [6, 6.07) is 10.1. The fraction of sp³-hybridized carbons (Fsp3) is 0. The molecule has 0 aliphatic carbocycles. The van der Waals surface area contributed by atoms with Gasteiger partial charge in [-0.1, -0.05) is 18.2 Å². The Balaban J connectivity index is 0.000000640. The van der Waals surface area contributed by atoms with Crippen molar-refractivity contribution in [1.29, 1.82) is 0 Å². The molecule has 1 rings (SSSR count). The normalized spacial score (nSPS) is 7.56. The zero-order valence-electron chi connectivity index (χ0n) is 4.89. The van der Waals surface area contributed by atoms with Gasteiger partial charge in [-0.05, 0) is 12.1 Å². The van der Waals surface area contributed by atoms with Crippen LogP contribution < -0.4 is 5.23 Å². The van der Waals surface area contributed by atoms with Crippen LogP contribution in [-0.2, 0) is 0 Å². The molecule has 0 radical (unpaired) electrons. The fourth-order valence-electron chi connectivity index (χ4n) is 0.605. The van der Waals surface area contributed by atoms with E-state index in [4.69, 9.17) is 0 Å². The van der Waals surface area contributed by atoms with Crippen molar-refractivity contribution < 1.29 is 0 Å². The SMILES string of the molecule is BNc1ccccc1.[NaH]. The zero-order valence-corrected chi connectivity index (χ0v) is 4.89. The van der Waals surface area contributed by atoms with Crippen molar-refractivity contribution >= 4 is 43.2 Å². The van der Waals surface area contributed by atoms with Crippen LogP contribution in [0.1, 0.15) is 0 Å². The van der Waals surface area contributed by atoms with Gasteiger partial charge in [0.15, 0.2) is 0 Å². The van der Waals surface area contributed by atoms with Gasteiger partial charge in [-0.25, -0.2) is 0 Å². The van der Waals surface area contributed by atoms with E-state index in [0.717, 1.165) is 5.69 Å². The van der Waals surface area contributed by atoms with E-state index in [1.165, 1.54) is 0 Å². The van der Waals surface area contributed by atoms with Gasteiger partial charge in [0, 0.05) is 5.69 Å². The topological polar surface area (TPSA) is 12.0 Å². The van der Waals surface area contributed by atoms with Crippen LogP contribution in [-0.4, -0.2) is 37.5 Å². The molecule has 0 heterocycles. The maximum absolute atomic E-state index is 3.03. The molecule has 0 atom stereocenters. The molecule has 0 saturated heterocycles. The van der Waals surface area contributed by atoms with E-state index in [1.807, 2.05) is 38.3 Å². The summed E-state index contributed by atoms with van der Waals surface area (Å²) in [6.07, 6.45) is 0. The number of rotatable bonds is 1. The molecule has 0 aromatic heterocycles. The van der Waals surface area contributed by atoms with Crippen molar-refractivity contribution in [3.63, 3.8) is 0 Å². The Labute approximate surface area is 78.6 Å². The molecule has 0 fully saturated rings. The van der Waals surface area contributed by atoms with Crippen molar-refractivity contribution in [2.75, 3.05) is 5.23 Å². The summed E-state index contributed by atoms with van der Waals surface area (Å²) in [5.74, 6) is 0. The summed E-state index contributed by atoms with van der Waals surface area (Å²) in [5.41, 5.74) is 1.16. The summed E-state index contributed by atoms with van der Waals surface area (Å²) in [7, 11) is 1.91. The number of hydrogen-bond donors (Lipinski definition) is 1. The van der Waals surface area contributed by atoms with Gasteiger partial charge in [0.2, 0.25) is 7.98 Å². The molecule has 0 unspecified atom stereocenters. The van der Waals surface area contributed by atoms with Crippen molar-refractivity contribution in [1.82, 2.24) is 0 Å². The third-order valence-electron chi connectivity index (χ3n) is 1.06. The van der Waals surface area contributed by atoms with Crippen LogP contribution in [0, 0.1) is 0 Å². The van der Waals surface area contributed by atoms with Crippen LogP contribution in [0.15, 0.2) is 30.3 Å². The molecule has 3 heteroatoms. The molecule has 0 saturated carbocycles. The van der Waals surface area contributed by atoms with Crippen LogP contribution in [0.3, 0.4) is 0 Å². The zero-order chi connectivity index (χ0) is 5.82. The third-order valence-corrected chi connectivity index (χ3v) is 1.06. The molecular formula is C6H9BNNa. The number of benzene rings is 1. The van der Waals surface area contributed by atoms with Crippen LogP contribution in [0.4, 0.5) is 5.69 Å². The van der Waals surface area contributed by atoms with E-state index in [9.17, 15) is 0 Å². The molecular weight excluding hydrogens is 120 g/mol. The number of anilines is 1. The second-order valence-electron chi connectivity index (χ2n) is 1.62. The Morgan fingerprint density at radius 2 is 1.67 bits per heavy atom. The second kappa shape index (κ2) is 4.92. The van der Waals surface area contributed by atoms with Crippen LogP contribution in [0.2, 0.25) is 0 Å². The van der Waals surface area contributed by atoms with Gasteiger partial charge in [-0.3, -0.25) is 0 Å². The Bertz CT molecular complexity index is 154. The minimum atomic E-state index is 0. The standard InChI is InChI=1S/C6H8BN.Na.H/c7-8-6-4-2-1-3-5-6;;/h1-5,8H,7H2;;. The number of nitrogens with one attached hydrogen (secondary N) is 1. The van der Waals surface area contributed by atoms with Gasteiger partial charge in [0.25, 0.3) is 0 Å². The number of para-hydroxylation sites is 1. The average Bonchev–Trinajstić information content (AvgIpc) is 1.90. The van der Waals surface area contributed by atoms with Crippen molar-refractivity contribution in [2.24, 2.45) is 0 Å². The molecule has 0 amide bonds. The van der Waals surface area contributed by atoms with Crippen LogP contribution in [0.5, 0.6) is 0 Å². The minimum absolute atomic E-state index is 0. The summed E-state index contributed by atoms with van der Waals surface area (Å²) < 4.78 is 0. The molecule has 0 bridgehead atoms. The predicted molar refractivity (Wildman–Crippen MR) is 45.8 cm³/mol. The molecule has 0 aliphatic heterocycles. The third kappa shape index (κ3) is 2.94. The second-order valence-corrected chi connectivity index (χ2v) is 1.62. The summed E-state index contributed by atoms with van der Waals surface area (Å²) in [6.45, 7) is 0. The first-order chi connectivity index (χ1) is 3.93. The van der Waals surface area contributed by atoms with E-state index in [1.54, 1.807) is 0 Å². The van der Waals surface area contributed by atoms with E-state index in [0.29, 0.717) is 0 Å². The Hall–Kier alpha value is 0.0849. The first kappa shape index (κ1) is 9.08. The molecule has 1 N–H and O–H groups in total. The Morgan fingerprint density at radius 1 is 1.11 bits per heavy atom. The first-order valence-corrected chi connectivity index (χ1v) is 2.66. The average molecular weight is 129 g/mol. The fourth-order valence-corrected chi connectivity index (χ4v) is 0.605. The van der Waals surface area contributed by atoms with E-state index >= 15 is 0 Å². The molecule has 0 aliphatic rings. The van der Waals surface area contributed by atoms with Gasteiger partial charge in [-0.2, -0.15) is 0 Å². The van der Waals surface area contributed by atoms with Crippen molar-refractivity contribution in [2.45, 2.75) is 0 Å². The van der Waals surface area contributed by atoms with Gasteiger partial charge in [-0.15, -0.1) is 0 Å². The monoisotopic (exact) mass is 129 g/mol. The van der Waals surface area contributed by atoms with Gasteiger partial charge in [0.05, 0.1) is 0 Å². The quantitative estimate of drug-likeness (QED) is 0.526. The summed E-state index contributed by atoms with van der Waals surface area (Å²) >= 11 is 0. The summed E-state index contributed by atoms with van der Waals surface area (Å²) in [5, 5.41) is 3.03. The number of hydrogen-bond acceptors (Lipinski definition) is 1. The van der Waals surface area contributed by atoms with Gasteiger partial charge in [0.1, 0.15) is 0 Å². The maximum atomic E-state index is 3.03. The molecule has 1 aromatic rings.